The number of rotatable bonds is 0. The summed E-state index contributed by atoms with van der Waals surface area (Å²) >= 11 is 0. The van der Waals surface area contributed by atoms with Crippen molar-refractivity contribution in [3.63, 3.8) is 0 Å². The van der Waals surface area contributed by atoms with Gasteiger partial charge in [0.15, 0.2) is 0 Å². The Balaban J connectivity index is 2.92. The highest BCUT2D eigenvalue weighted by Gasteiger charge is 2.06. The molecular formula is C12H12O2. The van der Waals surface area contributed by atoms with Crippen LogP contribution in [0.1, 0.15) is 11.1 Å². The normalized spacial score (nSPS) is 10.7. The highest BCUT2D eigenvalue weighted by molar-refractivity contribution is 5.91. The Hall–Kier alpha value is -1.70. The van der Waals surface area contributed by atoms with E-state index in [-0.39, 0.29) is 11.5 Å². The highest BCUT2D eigenvalue weighted by Crippen LogP contribution is 2.32. The van der Waals surface area contributed by atoms with Crippen molar-refractivity contribution >= 4 is 10.8 Å². The second-order valence-corrected chi connectivity index (χ2v) is 3.57. The van der Waals surface area contributed by atoms with Crippen LogP contribution in [0.25, 0.3) is 10.8 Å². The van der Waals surface area contributed by atoms with Crippen LogP contribution < -0.4 is 0 Å². The lowest BCUT2D eigenvalue weighted by Crippen LogP contribution is -1.84. The maximum Gasteiger partial charge on any atom is 0.126 e. The van der Waals surface area contributed by atoms with E-state index in [2.05, 4.69) is 0 Å². The molecule has 0 amide bonds. The first-order valence-corrected chi connectivity index (χ1v) is 4.51. The molecule has 2 aromatic carbocycles. The van der Waals surface area contributed by atoms with Crippen molar-refractivity contribution in [3.05, 3.63) is 35.4 Å². The molecule has 0 spiro atoms. The van der Waals surface area contributed by atoms with Gasteiger partial charge in [0, 0.05) is 5.39 Å². The molecule has 72 valence electrons. The number of aryl methyl sites for hydroxylation is 1. The molecule has 0 aliphatic heterocycles. The standard InChI is InChI=1S/C12H12O2/c1-7-5-9-3-4-10(13)6-11(9)12(14)8(7)2/h3-6,13-14H,1-2H3. The van der Waals surface area contributed by atoms with Crippen molar-refractivity contribution in [3.8, 4) is 11.5 Å². The maximum atomic E-state index is 9.85. The quantitative estimate of drug-likeness (QED) is 0.667. The number of hydrogen-bond donors (Lipinski definition) is 2. The van der Waals surface area contributed by atoms with Crippen LogP contribution in [0.3, 0.4) is 0 Å². The maximum absolute atomic E-state index is 9.85. The molecule has 0 aromatic heterocycles. The Bertz CT molecular complexity index is 501. The van der Waals surface area contributed by atoms with E-state index in [0.29, 0.717) is 5.39 Å². The van der Waals surface area contributed by atoms with E-state index in [1.54, 1.807) is 18.2 Å². The van der Waals surface area contributed by atoms with Crippen molar-refractivity contribution in [1.29, 1.82) is 0 Å². The molecular weight excluding hydrogens is 176 g/mol. The minimum atomic E-state index is 0.177. The lowest BCUT2D eigenvalue weighted by Gasteiger charge is -2.07. The SMILES string of the molecule is Cc1cc2ccc(O)cc2c(O)c1C. The van der Waals surface area contributed by atoms with Gasteiger partial charge in [-0.05, 0) is 42.5 Å². The summed E-state index contributed by atoms with van der Waals surface area (Å²) in [6.45, 7) is 3.83. The highest BCUT2D eigenvalue weighted by atomic mass is 16.3. The number of benzene rings is 2. The third-order valence-corrected chi connectivity index (χ3v) is 2.61. The van der Waals surface area contributed by atoms with E-state index < -0.39 is 0 Å². The van der Waals surface area contributed by atoms with Gasteiger partial charge in [-0.2, -0.15) is 0 Å². The lowest BCUT2D eigenvalue weighted by atomic mass is 10.0. The average Bonchev–Trinajstić information content (AvgIpc) is 2.16. The Morgan fingerprint density at radius 3 is 2.43 bits per heavy atom. The van der Waals surface area contributed by atoms with E-state index in [1.807, 2.05) is 19.9 Å². The molecule has 0 aliphatic carbocycles. The smallest absolute Gasteiger partial charge is 0.126 e. The van der Waals surface area contributed by atoms with E-state index >= 15 is 0 Å². The first-order valence-electron chi connectivity index (χ1n) is 4.51. The zero-order valence-corrected chi connectivity index (χ0v) is 8.20. The topological polar surface area (TPSA) is 40.5 Å². The number of hydrogen-bond acceptors (Lipinski definition) is 2. The molecule has 14 heavy (non-hydrogen) atoms. The van der Waals surface area contributed by atoms with Gasteiger partial charge in [0.25, 0.3) is 0 Å². The van der Waals surface area contributed by atoms with Gasteiger partial charge >= 0.3 is 0 Å². The van der Waals surface area contributed by atoms with Gasteiger partial charge in [0.05, 0.1) is 0 Å². The monoisotopic (exact) mass is 188 g/mol. The third-order valence-electron chi connectivity index (χ3n) is 2.61. The summed E-state index contributed by atoms with van der Waals surface area (Å²) in [4.78, 5) is 0. The molecule has 0 heterocycles. The summed E-state index contributed by atoms with van der Waals surface area (Å²) in [5, 5.41) is 20.8. The van der Waals surface area contributed by atoms with Crippen LogP contribution in [-0.4, -0.2) is 10.2 Å². The summed E-state index contributed by atoms with van der Waals surface area (Å²) in [6, 6.07) is 7.01. The second-order valence-electron chi connectivity index (χ2n) is 3.57. The Kier molecular flexibility index (Phi) is 1.84. The molecule has 2 N–H and O–H groups in total. The van der Waals surface area contributed by atoms with Gasteiger partial charge in [-0.25, -0.2) is 0 Å². The number of aromatic hydroxyl groups is 2. The molecule has 0 atom stereocenters. The van der Waals surface area contributed by atoms with Gasteiger partial charge in [-0.15, -0.1) is 0 Å². The minimum Gasteiger partial charge on any atom is -0.508 e. The zero-order chi connectivity index (χ0) is 10.3. The van der Waals surface area contributed by atoms with Gasteiger partial charge in [0.2, 0.25) is 0 Å². The van der Waals surface area contributed by atoms with Crippen LogP contribution in [0, 0.1) is 13.8 Å². The molecule has 0 bridgehead atoms. The number of phenolic OH excluding ortho intramolecular Hbond substituents is 2. The van der Waals surface area contributed by atoms with Gasteiger partial charge in [-0.1, -0.05) is 12.1 Å². The minimum absolute atomic E-state index is 0.177. The van der Waals surface area contributed by atoms with Crippen molar-refractivity contribution in [2.75, 3.05) is 0 Å². The fraction of sp³-hybridized carbons (Fsp3) is 0.167. The molecule has 2 rings (SSSR count). The molecule has 2 aromatic rings. The van der Waals surface area contributed by atoms with E-state index in [1.165, 1.54) is 0 Å². The van der Waals surface area contributed by atoms with Crippen LogP contribution in [0.5, 0.6) is 11.5 Å². The lowest BCUT2D eigenvalue weighted by molar-refractivity contribution is 0.470. The van der Waals surface area contributed by atoms with Crippen LogP contribution in [0.15, 0.2) is 24.3 Å². The third kappa shape index (κ3) is 1.20. The van der Waals surface area contributed by atoms with Crippen molar-refractivity contribution < 1.29 is 10.2 Å². The summed E-state index contributed by atoms with van der Waals surface area (Å²) in [7, 11) is 0. The van der Waals surface area contributed by atoms with Gasteiger partial charge in [0.1, 0.15) is 11.5 Å². The van der Waals surface area contributed by atoms with Crippen LogP contribution >= 0.6 is 0 Å². The van der Waals surface area contributed by atoms with Crippen molar-refractivity contribution in [2.45, 2.75) is 13.8 Å². The fourth-order valence-electron chi connectivity index (χ4n) is 1.61. The van der Waals surface area contributed by atoms with Gasteiger partial charge < -0.3 is 10.2 Å². The van der Waals surface area contributed by atoms with Crippen molar-refractivity contribution in [1.82, 2.24) is 0 Å². The predicted molar refractivity (Wildman–Crippen MR) is 56.8 cm³/mol. The zero-order valence-electron chi connectivity index (χ0n) is 8.20. The van der Waals surface area contributed by atoms with E-state index in [9.17, 15) is 10.2 Å². The summed E-state index contributed by atoms with van der Waals surface area (Å²) in [6.07, 6.45) is 0. The molecule has 2 nitrogen and oxygen atoms in total. The first kappa shape index (κ1) is 8.88. The van der Waals surface area contributed by atoms with E-state index in [0.717, 1.165) is 16.5 Å². The number of phenols is 2. The number of fused-ring (bicyclic) bond motifs is 1. The summed E-state index contributed by atoms with van der Waals surface area (Å²) < 4.78 is 0. The Labute approximate surface area is 82.4 Å². The van der Waals surface area contributed by atoms with Crippen LogP contribution in [0.4, 0.5) is 0 Å². The predicted octanol–water partition coefficient (Wildman–Crippen LogP) is 2.87. The molecule has 0 saturated carbocycles. The Morgan fingerprint density at radius 2 is 1.71 bits per heavy atom. The fourth-order valence-corrected chi connectivity index (χ4v) is 1.61. The van der Waals surface area contributed by atoms with E-state index in [4.69, 9.17) is 0 Å². The molecule has 0 unspecified atom stereocenters. The largest absolute Gasteiger partial charge is 0.508 e. The van der Waals surface area contributed by atoms with Gasteiger partial charge in [-0.3, -0.25) is 0 Å². The molecule has 2 heteroatoms. The summed E-state index contributed by atoms with van der Waals surface area (Å²) in [5.41, 5.74) is 1.92. The molecule has 0 fully saturated rings. The first-order chi connectivity index (χ1) is 6.59. The van der Waals surface area contributed by atoms with Crippen LogP contribution in [0.2, 0.25) is 0 Å². The Morgan fingerprint density at radius 1 is 1.00 bits per heavy atom. The molecule has 0 aliphatic rings. The molecule has 0 radical (unpaired) electrons. The molecule has 0 saturated heterocycles. The summed E-state index contributed by atoms with van der Waals surface area (Å²) in [5.74, 6) is 0.437. The van der Waals surface area contributed by atoms with Crippen molar-refractivity contribution in [2.24, 2.45) is 0 Å². The second kappa shape index (κ2) is 2.91. The average molecular weight is 188 g/mol. The van der Waals surface area contributed by atoms with Crippen LogP contribution in [-0.2, 0) is 0 Å².